The molecule has 0 spiro atoms. The summed E-state index contributed by atoms with van der Waals surface area (Å²) in [6.07, 6.45) is 1.82. The van der Waals surface area contributed by atoms with Crippen molar-refractivity contribution in [2.75, 3.05) is 13.7 Å². The van der Waals surface area contributed by atoms with Crippen molar-refractivity contribution in [2.24, 2.45) is 11.5 Å². The van der Waals surface area contributed by atoms with Gasteiger partial charge in [0.25, 0.3) is 0 Å². The van der Waals surface area contributed by atoms with Gasteiger partial charge in [0, 0.05) is 12.6 Å². The summed E-state index contributed by atoms with van der Waals surface area (Å²) in [6, 6.07) is 8.07. The Morgan fingerprint density at radius 2 is 2.07 bits per heavy atom. The van der Waals surface area contributed by atoms with Gasteiger partial charge in [0.05, 0.1) is 7.11 Å². The third kappa shape index (κ3) is 3.01. The van der Waals surface area contributed by atoms with Crippen LogP contribution >= 0.6 is 0 Å². The van der Waals surface area contributed by atoms with Gasteiger partial charge in [0.15, 0.2) is 0 Å². The van der Waals surface area contributed by atoms with E-state index in [2.05, 4.69) is 6.07 Å². The number of hydrogen-bond donors (Lipinski definition) is 2. The van der Waals surface area contributed by atoms with Gasteiger partial charge in [-0.05, 0) is 24.5 Å². The van der Waals surface area contributed by atoms with Crippen molar-refractivity contribution in [1.29, 1.82) is 0 Å². The lowest BCUT2D eigenvalue weighted by Gasteiger charge is -2.10. The zero-order chi connectivity index (χ0) is 10.4. The number of nitrogens with two attached hydrogens (primary N) is 2. The fourth-order valence-corrected chi connectivity index (χ4v) is 1.37. The van der Waals surface area contributed by atoms with Crippen molar-refractivity contribution in [3.8, 4) is 5.75 Å². The molecule has 0 amide bonds. The van der Waals surface area contributed by atoms with E-state index >= 15 is 0 Å². The van der Waals surface area contributed by atoms with Gasteiger partial charge < -0.3 is 16.2 Å². The highest BCUT2D eigenvalue weighted by molar-refractivity contribution is 5.33. The average molecular weight is 194 g/mol. The quantitative estimate of drug-likeness (QED) is 0.732. The van der Waals surface area contributed by atoms with Crippen molar-refractivity contribution in [3.63, 3.8) is 0 Å². The largest absolute Gasteiger partial charge is 0.496 e. The molecule has 1 aromatic rings. The predicted octanol–water partition coefficient (Wildman–Crippen LogP) is 0.914. The number of hydrogen-bond acceptors (Lipinski definition) is 3. The number of para-hydroxylation sites is 1. The maximum Gasteiger partial charge on any atom is 0.122 e. The lowest BCUT2D eigenvalue weighted by atomic mass is 10.0. The molecule has 0 fully saturated rings. The van der Waals surface area contributed by atoms with Gasteiger partial charge >= 0.3 is 0 Å². The van der Waals surface area contributed by atoms with E-state index in [1.807, 2.05) is 18.2 Å². The summed E-state index contributed by atoms with van der Waals surface area (Å²) in [7, 11) is 1.68. The van der Waals surface area contributed by atoms with Crippen LogP contribution < -0.4 is 16.2 Å². The minimum Gasteiger partial charge on any atom is -0.496 e. The molecule has 3 heteroatoms. The summed E-state index contributed by atoms with van der Waals surface area (Å²) in [5, 5.41) is 0. The van der Waals surface area contributed by atoms with Crippen LogP contribution in [0, 0.1) is 0 Å². The Bertz CT molecular complexity index is 276. The zero-order valence-corrected chi connectivity index (χ0v) is 8.57. The predicted molar refractivity (Wildman–Crippen MR) is 58.3 cm³/mol. The van der Waals surface area contributed by atoms with Crippen LogP contribution in [-0.2, 0) is 6.42 Å². The molecule has 1 unspecified atom stereocenters. The van der Waals surface area contributed by atoms with Crippen molar-refractivity contribution in [3.05, 3.63) is 29.8 Å². The first kappa shape index (κ1) is 11.0. The average Bonchev–Trinajstić information content (AvgIpc) is 2.26. The van der Waals surface area contributed by atoms with Gasteiger partial charge in [-0.25, -0.2) is 0 Å². The van der Waals surface area contributed by atoms with Crippen molar-refractivity contribution >= 4 is 0 Å². The van der Waals surface area contributed by atoms with E-state index in [1.165, 1.54) is 5.56 Å². The number of methoxy groups -OCH3 is 1. The Labute approximate surface area is 85.0 Å². The third-order valence-corrected chi connectivity index (χ3v) is 2.28. The third-order valence-electron chi connectivity index (χ3n) is 2.28. The molecule has 0 aliphatic heterocycles. The van der Waals surface area contributed by atoms with E-state index < -0.39 is 0 Å². The molecule has 0 bridgehead atoms. The highest BCUT2D eigenvalue weighted by Crippen LogP contribution is 2.18. The second-order valence-corrected chi connectivity index (χ2v) is 3.35. The molecule has 1 atom stereocenters. The van der Waals surface area contributed by atoms with Crippen LogP contribution in [0.5, 0.6) is 5.75 Å². The first-order chi connectivity index (χ1) is 6.77. The lowest BCUT2D eigenvalue weighted by molar-refractivity contribution is 0.408. The number of benzene rings is 1. The summed E-state index contributed by atoms with van der Waals surface area (Å²) < 4.78 is 5.24. The van der Waals surface area contributed by atoms with E-state index in [-0.39, 0.29) is 6.04 Å². The maximum atomic E-state index is 5.75. The Balaban J connectivity index is 2.57. The molecule has 0 heterocycles. The zero-order valence-electron chi connectivity index (χ0n) is 8.57. The van der Waals surface area contributed by atoms with Gasteiger partial charge in [-0.2, -0.15) is 0 Å². The summed E-state index contributed by atoms with van der Waals surface area (Å²) in [5.41, 5.74) is 12.4. The fraction of sp³-hybridized carbons (Fsp3) is 0.455. The molecule has 1 rings (SSSR count). The molecule has 14 heavy (non-hydrogen) atoms. The fourth-order valence-electron chi connectivity index (χ4n) is 1.37. The highest BCUT2D eigenvalue weighted by Gasteiger charge is 2.04. The molecule has 1 aromatic carbocycles. The molecule has 0 aliphatic carbocycles. The molecule has 0 aromatic heterocycles. The van der Waals surface area contributed by atoms with Crippen LogP contribution in [0.4, 0.5) is 0 Å². The molecule has 0 radical (unpaired) electrons. The van der Waals surface area contributed by atoms with Crippen LogP contribution in [0.3, 0.4) is 0 Å². The standard InChI is InChI=1S/C11H18N2O/c1-14-11-5-3-2-4-9(11)6-7-10(13)8-12/h2-5,10H,6-8,12-13H2,1H3. The lowest BCUT2D eigenvalue weighted by Crippen LogP contribution is -2.29. The molecule has 0 aliphatic rings. The van der Waals surface area contributed by atoms with Crippen molar-refractivity contribution in [1.82, 2.24) is 0 Å². The SMILES string of the molecule is COc1ccccc1CCC(N)CN. The van der Waals surface area contributed by atoms with Crippen LogP contribution in [-0.4, -0.2) is 19.7 Å². The second-order valence-electron chi connectivity index (χ2n) is 3.35. The Morgan fingerprint density at radius 3 is 2.71 bits per heavy atom. The number of aryl methyl sites for hydroxylation is 1. The minimum atomic E-state index is 0.0833. The van der Waals surface area contributed by atoms with Crippen molar-refractivity contribution < 1.29 is 4.74 Å². The molecular formula is C11H18N2O. The van der Waals surface area contributed by atoms with Gasteiger partial charge in [0.2, 0.25) is 0 Å². The van der Waals surface area contributed by atoms with Crippen molar-refractivity contribution in [2.45, 2.75) is 18.9 Å². The molecule has 4 N–H and O–H groups in total. The van der Waals surface area contributed by atoms with E-state index in [9.17, 15) is 0 Å². The van der Waals surface area contributed by atoms with Gasteiger partial charge in [0.1, 0.15) is 5.75 Å². The van der Waals surface area contributed by atoms with Crippen LogP contribution in [0.1, 0.15) is 12.0 Å². The highest BCUT2D eigenvalue weighted by atomic mass is 16.5. The molecule has 3 nitrogen and oxygen atoms in total. The maximum absolute atomic E-state index is 5.75. The van der Waals surface area contributed by atoms with E-state index in [4.69, 9.17) is 16.2 Å². The Kier molecular flexibility index (Phi) is 4.43. The normalized spacial score (nSPS) is 12.5. The van der Waals surface area contributed by atoms with Crippen LogP contribution in [0.2, 0.25) is 0 Å². The Morgan fingerprint density at radius 1 is 1.36 bits per heavy atom. The van der Waals surface area contributed by atoms with Crippen LogP contribution in [0.25, 0.3) is 0 Å². The summed E-state index contributed by atoms with van der Waals surface area (Å²) >= 11 is 0. The summed E-state index contributed by atoms with van der Waals surface area (Å²) in [6.45, 7) is 0.537. The van der Waals surface area contributed by atoms with Gasteiger partial charge in [-0.3, -0.25) is 0 Å². The number of rotatable bonds is 5. The van der Waals surface area contributed by atoms with E-state index in [0.29, 0.717) is 6.54 Å². The van der Waals surface area contributed by atoms with Gasteiger partial charge in [-0.15, -0.1) is 0 Å². The van der Waals surface area contributed by atoms with E-state index in [0.717, 1.165) is 18.6 Å². The van der Waals surface area contributed by atoms with Crippen LogP contribution in [0.15, 0.2) is 24.3 Å². The first-order valence-corrected chi connectivity index (χ1v) is 4.85. The smallest absolute Gasteiger partial charge is 0.122 e. The van der Waals surface area contributed by atoms with Gasteiger partial charge in [-0.1, -0.05) is 18.2 Å². The summed E-state index contributed by atoms with van der Waals surface area (Å²) in [5.74, 6) is 0.928. The monoisotopic (exact) mass is 194 g/mol. The summed E-state index contributed by atoms with van der Waals surface area (Å²) in [4.78, 5) is 0. The topological polar surface area (TPSA) is 61.3 Å². The minimum absolute atomic E-state index is 0.0833. The number of ether oxygens (including phenoxy) is 1. The Hall–Kier alpha value is -1.06. The molecule has 0 saturated carbocycles. The molecule has 0 saturated heterocycles. The molecule has 78 valence electrons. The molecular weight excluding hydrogens is 176 g/mol. The first-order valence-electron chi connectivity index (χ1n) is 4.85. The second kappa shape index (κ2) is 5.62. The van der Waals surface area contributed by atoms with E-state index in [1.54, 1.807) is 7.11 Å².